The summed E-state index contributed by atoms with van der Waals surface area (Å²) < 4.78 is 5.65. The lowest BCUT2D eigenvalue weighted by Gasteiger charge is -2.17. The Morgan fingerprint density at radius 1 is 1.32 bits per heavy atom. The zero-order chi connectivity index (χ0) is 13.7. The molecule has 1 fully saturated rings. The molecular weight excluding hydrogens is 240 g/mol. The SMILES string of the molecule is Cc1ccc(OCC(O)CC2CCCC2)c(CO)c1. The van der Waals surface area contributed by atoms with Crippen molar-refractivity contribution in [1.29, 1.82) is 0 Å². The van der Waals surface area contributed by atoms with Crippen molar-refractivity contribution in [3.05, 3.63) is 29.3 Å². The number of aliphatic hydroxyl groups excluding tert-OH is 2. The second-order valence-electron chi connectivity index (χ2n) is 5.62. The van der Waals surface area contributed by atoms with Gasteiger partial charge in [-0.05, 0) is 25.3 Å². The first-order valence-electron chi connectivity index (χ1n) is 7.20. The molecule has 0 aromatic heterocycles. The van der Waals surface area contributed by atoms with Crippen LogP contribution in [0.1, 0.15) is 43.2 Å². The summed E-state index contributed by atoms with van der Waals surface area (Å²) in [5, 5.41) is 19.3. The molecule has 2 rings (SSSR count). The lowest BCUT2D eigenvalue weighted by Crippen LogP contribution is -2.20. The van der Waals surface area contributed by atoms with Gasteiger partial charge in [0.25, 0.3) is 0 Å². The second kappa shape index (κ2) is 6.92. The molecule has 0 amide bonds. The van der Waals surface area contributed by atoms with Gasteiger partial charge in [0.2, 0.25) is 0 Å². The van der Waals surface area contributed by atoms with E-state index < -0.39 is 6.10 Å². The predicted octanol–water partition coefficient (Wildman–Crippen LogP) is 2.81. The van der Waals surface area contributed by atoms with Crippen molar-refractivity contribution in [3.63, 3.8) is 0 Å². The van der Waals surface area contributed by atoms with Gasteiger partial charge in [0.1, 0.15) is 12.4 Å². The van der Waals surface area contributed by atoms with Crippen LogP contribution in [0.25, 0.3) is 0 Å². The summed E-state index contributed by atoms with van der Waals surface area (Å²) >= 11 is 0. The van der Waals surface area contributed by atoms with Crippen LogP contribution in [0.15, 0.2) is 18.2 Å². The first-order valence-corrected chi connectivity index (χ1v) is 7.20. The predicted molar refractivity (Wildman–Crippen MR) is 75.2 cm³/mol. The molecule has 0 saturated heterocycles. The number of hydrogen-bond acceptors (Lipinski definition) is 3. The topological polar surface area (TPSA) is 49.7 Å². The smallest absolute Gasteiger partial charge is 0.124 e. The van der Waals surface area contributed by atoms with Crippen LogP contribution in [0.2, 0.25) is 0 Å². The standard InChI is InChI=1S/C16H24O3/c1-12-6-7-16(14(8-12)10-17)19-11-15(18)9-13-4-2-3-5-13/h6-8,13,15,17-18H,2-5,9-11H2,1H3. The van der Waals surface area contributed by atoms with Crippen LogP contribution in [0.4, 0.5) is 0 Å². The Labute approximate surface area is 115 Å². The maximum Gasteiger partial charge on any atom is 0.124 e. The first kappa shape index (κ1) is 14.4. The molecule has 1 aromatic rings. The quantitative estimate of drug-likeness (QED) is 0.830. The highest BCUT2D eigenvalue weighted by molar-refractivity contribution is 5.36. The molecule has 2 N–H and O–H groups in total. The van der Waals surface area contributed by atoms with Crippen LogP contribution >= 0.6 is 0 Å². The number of benzene rings is 1. The Morgan fingerprint density at radius 2 is 2.05 bits per heavy atom. The third-order valence-electron chi connectivity index (χ3n) is 3.90. The van der Waals surface area contributed by atoms with Crippen molar-refractivity contribution in [1.82, 2.24) is 0 Å². The fourth-order valence-electron chi connectivity index (χ4n) is 2.86. The van der Waals surface area contributed by atoms with Gasteiger partial charge in [-0.2, -0.15) is 0 Å². The molecule has 0 aliphatic heterocycles. The van der Waals surface area contributed by atoms with Crippen LogP contribution in [0.3, 0.4) is 0 Å². The first-order chi connectivity index (χ1) is 9.19. The highest BCUT2D eigenvalue weighted by Gasteiger charge is 2.19. The molecule has 3 heteroatoms. The number of ether oxygens (including phenoxy) is 1. The van der Waals surface area contributed by atoms with E-state index in [1.54, 1.807) is 0 Å². The lowest BCUT2D eigenvalue weighted by atomic mass is 10.0. The summed E-state index contributed by atoms with van der Waals surface area (Å²) in [4.78, 5) is 0. The highest BCUT2D eigenvalue weighted by atomic mass is 16.5. The lowest BCUT2D eigenvalue weighted by molar-refractivity contribution is 0.0843. The molecule has 0 radical (unpaired) electrons. The fourth-order valence-corrected chi connectivity index (χ4v) is 2.86. The van der Waals surface area contributed by atoms with E-state index in [-0.39, 0.29) is 6.61 Å². The molecule has 3 nitrogen and oxygen atoms in total. The number of rotatable bonds is 6. The van der Waals surface area contributed by atoms with Crippen molar-refractivity contribution in [2.24, 2.45) is 5.92 Å². The summed E-state index contributed by atoms with van der Waals surface area (Å²) in [6.07, 6.45) is 5.50. The summed E-state index contributed by atoms with van der Waals surface area (Å²) in [5.74, 6) is 1.34. The van der Waals surface area contributed by atoms with Crippen molar-refractivity contribution in [2.75, 3.05) is 6.61 Å². The number of hydrogen-bond donors (Lipinski definition) is 2. The van der Waals surface area contributed by atoms with Crippen LogP contribution in [-0.2, 0) is 6.61 Å². The average Bonchev–Trinajstić information content (AvgIpc) is 2.90. The zero-order valence-corrected chi connectivity index (χ0v) is 11.6. The molecule has 1 aromatic carbocycles. The minimum atomic E-state index is -0.407. The van der Waals surface area contributed by atoms with Crippen molar-refractivity contribution >= 4 is 0 Å². The molecule has 0 spiro atoms. The molecule has 0 bridgehead atoms. The summed E-state index contributed by atoms with van der Waals surface area (Å²) in [5.41, 5.74) is 1.89. The van der Waals surface area contributed by atoms with Gasteiger partial charge in [-0.1, -0.05) is 43.4 Å². The van der Waals surface area contributed by atoms with E-state index in [9.17, 15) is 10.2 Å². The summed E-state index contributed by atoms with van der Waals surface area (Å²) in [6, 6.07) is 5.74. The largest absolute Gasteiger partial charge is 0.491 e. The van der Waals surface area contributed by atoms with Crippen molar-refractivity contribution < 1.29 is 14.9 Å². The number of aryl methyl sites for hydroxylation is 1. The average molecular weight is 264 g/mol. The van der Waals surface area contributed by atoms with Gasteiger partial charge in [-0.25, -0.2) is 0 Å². The van der Waals surface area contributed by atoms with Gasteiger partial charge in [-0.15, -0.1) is 0 Å². The van der Waals surface area contributed by atoms with Crippen molar-refractivity contribution in [3.8, 4) is 5.75 Å². The molecule has 1 aliphatic carbocycles. The Kier molecular flexibility index (Phi) is 5.23. The minimum Gasteiger partial charge on any atom is -0.491 e. The number of aliphatic hydroxyl groups is 2. The highest BCUT2D eigenvalue weighted by Crippen LogP contribution is 2.29. The Morgan fingerprint density at radius 3 is 2.74 bits per heavy atom. The van der Waals surface area contributed by atoms with Crippen LogP contribution < -0.4 is 4.74 Å². The molecule has 1 unspecified atom stereocenters. The van der Waals surface area contributed by atoms with Gasteiger partial charge in [0.05, 0.1) is 12.7 Å². The van der Waals surface area contributed by atoms with E-state index in [0.717, 1.165) is 17.5 Å². The van der Waals surface area contributed by atoms with Crippen LogP contribution in [0.5, 0.6) is 5.75 Å². The van der Waals surface area contributed by atoms with Gasteiger partial charge in [0.15, 0.2) is 0 Å². The maximum absolute atomic E-state index is 10.0. The normalized spacial score (nSPS) is 17.6. The van der Waals surface area contributed by atoms with Crippen LogP contribution in [0, 0.1) is 12.8 Å². The zero-order valence-electron chi connectivity index (χ0n) is 11.6. The van der Waals surface area contributed by atoms with E-state index >= 15 is 0 Å². The molecule has 1 aliphatic rings. The van der Waals surface area contributed by atoms with E-state index in [2.05, 4.69) is 0 Å². The fraction of sp³-hybridized carbons (Fsp3) is 0.625. The maximum atomic E-state index is 10.0. The third-order valence-corrected chi connectivity index (χ3v) is 3.90. The van der Waals surface area contributed by atoms with Gasteiger partial charge < -0.3 is 14.9 Å². The summed E-state index contributed by atoms with van der Waals surface area (Å²) in [6.45, 7) is 2.26. The van der Waals surface area contributed by atoms with Gasteiger partial charge in [0, 0.05) is 5.56 Å². The van der Waals surface area contributed by atoms with E-state index in [0.29, 0.717) is 18.3 Å². The molecule has 19 heavy (non-hydrogen) atoms. The second-order valence-corrected chi connectivity index (χ2v) is 5.62. The minimum absolute atomic E-state index is 0.0320. The molecule has 1 atom stereocenters. The monoisotopic (exact) mass is 264 g/mol. The van der Waals surface area contributed by atoms with E-state index in [1.807, 2.05) is 25.1 Å². The molecular formula is C16H24O3. The van der Waals surface area contributed by atoms with E-state index in [1.165, 1.54) is 25.7 Å². The molecule has 0 heterocycles. The molecule has 1 saturated carbocycles. The summed E-state index contributed by atoms with van der Waals surface area (Å²) in [7, 11) is 0. The van der Waals surface area contributed by atoms with Crippen LogP contribution in [-0.4, -0.2) is 22.9 Å². The Bertz CT molecular complexity index is 397. The van der Waals surface area contributed by atoms with Gasteiger partial charge in [-0.3, -0.25) is 0 Å². The third kappa shape index (κ3) is 4.22. The Hall–Kier alpha value is -1.06. The van der Waals surface area contributed by atoms with Gasteiger partial charge >= 0.3 is 0 Å². The van der Waals surface area contributed by atoms with E-state index in [4.69, 9.17) is 4.74 Å². The Balaban J connectivity index is 1.83. The van der Waals surface area contributed by atoms with Crippen molar-refractivity contribution in [2.45, 2.75) is 51.7 Å². The molecule has 106 valence electrons.